The largest absolute Gasteiger partial charge is 0.410 e. The summed E-state index contributed by atoms with van der Waals surface area (Å²) in [6.45, 7) is -2.19. The Kier molecular flexibility index (Phi) is 16.6. The first-order chi connectivity index (χ1) is 15.0. The fraction of sp³-hybridized carbons (Fsp3) is 0.375. The van der Waals surface area contributed by atoms with Gasteiger partial charge in [-0.2, -0.15) is 44.5 Å². The summed E-state index contributed by atoms with van der Waals surface area (Å²) in [6.07, 6.45) is -9.08. The molecule has 34 heavy (non-hydrogen) atoms. The molecule has 2 heterocycles. The summed E-state index contributed by atoms with van der Waals surface area (Å²) in [5.74, 6) is -2.70. The van der Waals surface area contributed by atoms with E-state index in [9.17, 15) is 39.5 Å². The Balaban J connectivity index is 0. The Morgan fingerprint density at radius 1 is 0.794 bits per heavy atom. The SMILES string of the molecule is Cl.Fc1cc(I)cc(F)n1.N[C@@H](CO)C(F)(F)F.OC[C@H](Nc1cc(I)cc(F)n1)C(F)(F)F. The molecule has 0 aromatic carbocycles. The average Bonchev–Trinajstić information content (AvgIpc) is 2.62. The first kappa shape index (κ1) is 35.3. The molecule has 5 N–H and O–H groups in total. The van der Waals surface area contributed by atoms with Crippen molar-refractivity contribution < 1.29 is 49.7 Å². The predicted octanol–water partition coefficient (Wildman–Crippen LogP) is 4.41. The Hall–Kier alpha value is -0.900. The smallest absolute Gasteiger partial charge is 0.394 e. The molecule has 0 saturated carbocycles. The van der Waals surface area contributed by atoms with E-state index >= 15 is 0 Å². The maximum atomic E-state index is 12.8. The first-order valence-corrected chi connectivity index (χ1v) is 10.3. The number of hydrogen-bond donors (Lipinski definition) is 4. The molecular weight excluding hydrogens is 740 g/mol. The van der Waals surface area contributed by atoms with E-state index in [0.717, 1.165) is 18.2 Å². The number of hydrogen-bond acceptors (Lipinski definition) is 6. The van der Waals surface area contributed by atoms with Crippen LogP contribution in [0.5, 0.6) is 0 Å². The minimum absolute atomic E-state index is 0. The number of nitrogens with one attached hydrogen (secondary N) is 1. The zero-order valence-electron chi connectivity index (χ0n) is 16.3. The number of alkyl halides is 6. The number of aromatic nitrogens is 2. The van der Waals surface area contributed by atoms with Crippen LogP contribution in [0.1, 0.15) is 0 Å². The second-order valence-electron chi connectivity index (χ2n) is 5.68. The van der Waals surface area contributed by atoms with Crippen LogP contribution in [0.4, 0.5) is 45.3 Å². The van der Waals surface area contributed by atoms with Gasteiger partial charge in [0.25, 0.3) is 0 Å². The van der Waals surface area contributed by atoms with Gasteiger partial charge in [0.2, 0.25) is 17.8 Å². The van der Waals surface area contributed by atoms with Gasteiger partial charge in [0.1, 0.15) is 17.9 Å². The highest BCUT2D eigenvalue weighted by Gasteiger charge is 2.39. The summed E-state index contributed by atoms with van der Waals surface area (Å²) in [5, 5.41) is 18.3. The topological polar surface area (TPSA) is 104 Å². The van der Waals surface area contributed by atoms with Gasteiger partial charge in [-0.15, -0.1) is 12.4 Å². The van der Waals surface area contributed by atoms with Gasteiger partial charge in [0.05, 0.1) is 13.2 Å². The van der Waals surface area contributed by atoms with Crippen LogP contribution < -0.4 is 11.1 Å². The number of halogens is 12. The molecule has 2 atom stereocenters. The first-order valence-electron chi connectivity index (χ1n) is 8.18. The Bertz CT molecular complexity index is 809. The van der Waals surface area contributed by atoms with Crippen LogP contribution >= 0.6 is 57.6 Å². The summed E-state index contributed by atoms with van der Waals surface area (Å²) in [7, 11) is 0. The van der Waals surface area contributed by atoms with Crippen molar-refractivity contribution in [1.29, 1.82) is 0 Å². The number of anilines is 1. The highest BCUT2D eigenvalue weighted by molar-refractivity contribution is 14.1. The monoisotopic (exact) mass is 756 g/mol. The fourth-order valence-corrected chi connectivity index (χ4v) is 2.55. The van der Waals surface area contributed by atoms with E-state index in [0.29, 0.717) is 7.14 Å². The lowest BCUT2D eigenvalue weighted by atomic mass is 10.3. The van der Waals surface area contributed by atoms with Gasteiger partial charge >= 0.3 is 12.4 Å². The molecule has 0 radical (unpaired) electrons. The molecule has 6 nitrogen and oxygen atoms in total. The molecule has 0 bridgehead atoms. The molecular formula is C16H16ClF9I2N4O2. The number of rotatable bonds is 4. The molecule has 18 heteroatoms. The van der Waals surface area contributed by atoms with E-state index in [1.165, 1.54) is 6.07 Å². The summed E-state index contributed by atoms with van der Waals surface area (Å²) in [6, 6.07) is 0.388. The van der Waals surface area contributed by atoms with E-state index in [1.54, 1.807) is 22.6 Å². The van der Waals surface area contributed by atoms with Gasteiger partial charge in [0, 0.05) is 25.3 Å². The van der Waals surface area contributed by atoms with Crippen LogP contribution in [0.15, 0.2) is 24.3 Å². The van der Waals surface area contributed by atoms with Crippen LogP contribution in [0.3, 0.4) is 0 Å². The van der Waals surface area contributed by atoms with Crippen LogP contribution in [0, 0.1) is 25.0 Å². The van der Waals surface area contributed by atoms with Gasteiger partial charge in [-0.05, 0) is 51.2 Å². The van der Waals surface area contributed by atoms with Crippen molar-refractivity contribution in [3.63, 3.8) is 0 Å². The number of aliphatic hydroxyl groups is 2. The molecule has 0 spiro atoms. The molecule has 0 unspecified atom stereocenters. The molecule has 0 aliphatic rings. The molecule has 0 aliphatic heterocycles. The number of pyridine rings is 2. The molecule has 0 fully saturated rings. The Morgan fingerprint density at radius 3 is 1.47 bits per heavy atom. The highest BCUT2D eigenvalue weighted by atomic mass is 127. The standard InChI is InChI=1S/C8H7F4IN2O.C5H2F2IN.C3H6F3NO.ClH/c9-6-1-4(13)2-7(15-6)14-5(3-16)8(10,11)12;6-4-1-3(8)2-5(7)9-4;4-3(5,6)2(7)1-8;/h1-2,5,16H,3H2,(H,14,15);1-2H;2,8H,1,7H2;1H/t5-;;2-;/m0.0./s1. The Morgan fingerprint density at radius 2 is 1.21 bits per heavy atom. The van der Waals surface area contributed by atoms with Crippen LogP contribution in [-0.4, -0.2) is 57.8 Å². The van der Waals surface area contributed by atoms with E-state index in [-0.39, 0.29) is 18.2 Å². The minimum atomic E-state index is -4.62. The van der Waals surface area contributed by atoms with Gasteiger partial charge in [-0.3, -0.25) is 0 Å². The van der Waals surface area contributed by atoms with Crippen LogP contribution in [-0.2, 0) is 0 Å². The zero-order chi connectivity index (χ0) is 26.0. The normalized spacial score (nSPS) is 12.8. The number of nitrogens with two attached hydrogens (primary N) is 1. The van der Waals surface area contributed by atoms with Crippen molar-refractivity contribution in [2.24, 2.45) is 5.73 Å². The van der Waals surface area contributed by atoms with E-state index in [1.807, 2.05) is 27.9 Å². The van der Waals surface area contributed by atoms with Crippen LogP contribution in [0.2, 0.25) is 0 Å². The summed E-state index contributed by atoms with van der Waals surface area (Å²) in [4.78, 5) is 6.14. The van der Waals surface area contributed by atoms with Crippen molar-refractivity contribution in [1.82, 2.24) is 9.97 Å². The van der Waals surface area contributed by atoms with Crippen molar-refractivity contribution >= 4 is 63.4 Å². The predicted molar refractivity (Wildman–Crippen MR) is 123 cm³/mol. The van der Waals surface area contributed by atoms with Gasteiger partial charge in [-0.25, -0.2) is 4.98 Å². The van der Waals surface area contributed by atoms with E-state index in [4.69, 9.17) is 10.2 Å². The molecule has 0 amide bonds. The van der Waals surface area contributed by atoms with Crippen LogP contribution in [0.25, 0.3) is 0 Å². The van der Waals surface area contributed by atoms with Gasteiger partial charge in [-0.1, -0.05) is 0 Å². The molecule has 2 aromatic heterocycles. The summed E-state index contributed by atoms with van der Waals surface area (Å²) in [5.41, 5.74) is 4.38. The Labute approximate surface area is 220 Å². The maximum absolute atomic E-state index is 12.8. The molecule has 2 rings (SSSR count). The lowest BCUT2D eigenvalue weighted by molar-refractivity contribution is -0.155. The fourth-order valence-electron chi connectivity index (χ4n) is 1.49. The highest BCUT2D eigenvalue weighted by Crippen LogP contribution is 2.23. The minimum Gasteiger partial charge on any atom is -0.394 e. The van der Waals surface area contributed by atoms with Crippen molar-refractivity contribution in [2.45, 2.75) is 24.4 Å². The van der Waals surface area contributed by atoms with E-state index < -0.39 is 55.5 Å². The number of aliphatic hydroxyl groups excluding tert-OH is 2. The maximum Gasteiger partial charge on any atom is 0.410 e. The van der Waals surface area contributed by atoms with Gasteiger partial charge < -0.3 is 21.3 Å². The third-order valence-electron chi connectivity index (χ3n) is 3.00. The molecule has 0 aliphatic carbocycles. The third kappa shape index (κ3) is 15.2. The summed E-state index contributed by atoms with van der Waals surface area (Å²) < 4.78 is 108. The molecule has 0 saturated heterocycles. The van der Waals surface area contributed by atoms with Gasteiger partial charge in [0.15, 0.2) is 0 Å². The second-order valence-corrected chi connectivity index (χ2v) is 8.17. The van der Waals surface area contributed by atoms with E-state index in [2.05, 4.69) is 15.7 Å². The molecule has 196 valence electrons. The lowest BCUT2D eigenvalue weighted by Crippen LogP contribution is -2.40. The summed E-state index contributed by atoms with van der Waals surface area (Å²) >= 11 is 3.56. The molecule has 2 aromatic rings. The van der Waals surface area contributed by atoms with Crippen molar-refractivity contribution in [3.8, 4) is 0 Å². The lowest BCUT2D eigenvalue weighted by Gasteiger charge is -2.19. The second kappa shape index (κ2) is 16.0. The third-order valence-corrected chi connectivity index (χ3v) is 4.25. The van der Waals surface area contributed by atoms with Crippen molar-refractivity contribution in [3.05, 3.63) is 49.2 Å². The number of nitrogens with zero attached hydrogens (tertiary/aromatic N) is 2. The zero-order valence-corrected chi connectivity index (χ0v) is 21.4. The average molecular weight is 757 g/mol. The quantitative estimate of drug-likeness (QED) is 0.210. The van der Waals surface area contributed by atoms with Crippen molar-refractivity contribution in [2.75, 3.05) is 18.5 Å².